The minimum atomic E-state index is -0.375. The van der Waals surface area contributed by atoms with Crippen molar-refractivity contribution in [2.75, 3.05) is 7.11 Å². The summed E-state index contributed by atoms with van der Waals surface area (Å²) in [5.41, 5.74) is 2.81. The van der Waals surface area contributed by atoms with E-state index in [0.29, 0.717) is 11.1 Å². The minimum Gasteiger partial charge on any atom is -0.465 e. The molecule has 3 nitrogen and oxygen atoms in total. The molecule has 0 aliphatic heterocycles. The molecule has 0 saturated carbocycles. The average molecular weight is 290 g/mol. The van der Waals surface area contributed by atoms with Gasteiger partial charge in [0.1, 0.15) is 6.29 Å². The molecule has 0 bridgehead atoms. The predicted octanol–water partition coefficient (Wildman–Crippen LogP) is 4.11. The summed E-state index contributed by atoms with van der Waals surface area (Å²) in [7, 11) is 1.37. The van der Waals surface area contributed by atoms with Gasteiger partial charge in [-0.3, -0.25) is 4.79 Å². The maximum Gasteiger partial charge on any atom is 0.338 e. The molecule has 3 rings (SSSR count). The molecule has 0 unspecified atom stereocenters. The zero-order valence-electron chi connectivity index (χ0n) is 12.1. The van der Waals surface area contributed by atoms with E-state index < -0.39 is 0 Å². The number of methoxy groups -OCH3 is 1. The van der Waals surface area contributed by atoms with E-state index in [0.717, 1.165) is 28.2 Å². The highest BCUT2D eigenvalue weighted by Gasteiger charge is 2.16. The van der Waals surface area contributed by atoms with Gasteiger partial charge in [0, 0.05) is 11.1 Å². The summed E-state index contributed by atoms with van der Waals surface area (Å²) >= 11 is 0. The lowest BCUT2D eigenvalue weighted by Gasteiger charge is -2.12. The SMILES string of the molecule is COC(=O)c1ccc2ccccc2c1-c1ccc(C=O)cc1. The number of carbonyl (C=O) groups is 2. The van der Waals surface area contributed by atoms with Crippen molar-refractivity contribution >= 4 is 23.0 Å². The largest absolute Gasteiger partial charge is 0.465 e. The number of ether oxygens (including phenoxy) is 1. The molecule has 3 aromatic carbocycles. The number of carbonyl (C=O) groups excluding carboxylic acids is 2. The van der Waals surface area contributed by atoms with Crippen LogP contribution in [0.4, 0.5) is 0 Å². The molecule has 3 heteroatoms. The Bertz CT molecular complexity index is 848. The second-order valence-corrected chi connectivity index (χ2v) is 4.94. The fourth-order valence-electron chi connectivity index (χ4n) is 2.59. The van der Waals surface area contributed by atoms with Crippen LogP contribution in [0.3, 0.4) is 0 Å². The Balaban J connectivity index is 2.31. The maximum absolute atomic E-state index is 12.1. The van der Waals surface area contributed by atoms with Crippen molar-refractivity contribution < 1.29 is 14.3 Å². The number of hydrogen-bond acceptors (Lipinski definition) is 3. The number of rotatable bonds is 3. The van der Waals surface area contributed by atoms with Gasteiger partial charge in [0.2, 0.25) is 0 Å². The predicted molar refractivity (Wildman–Crippen MR) is 86.1 cm³/mol. The third kappa shape index (κ3) is 2.37. The van der Waals surface area contributed by atoms with Gasteiger partial charge in [0.05, 0.1) is 12.7 Å². The molecule has 108 valence electrons. The number of esters is 1. The normalized spacial score (nSPS) is 10.4. The average Bonchev–Trinajstić information content (AvgIpc) is 2.60. The van der Waals surface area contributed by atoms with Gasteiger partial charge in [-0.05, 0) is 22.4 Å². The summed E-state index contributed by atoms with van der Waals surface area (Å²) in [6, 6.07) is 18.7. The third-order valence-electron chi connectivity index (χ3n) is 3.67. The van der Waals surface area contributed by atoms with E-state index in [2.05, 4.69) is 0 Å². The molecule has 0 radical (unpaired) electrons. The number of aldehydes is 1. The van der Waals surface area contributed by atoms with Gasteiger partial charge in [0.15, 0.2) is 0 Å². The van der Waals surface area contributed by atoms with Gasteiger partial charge in [0.25, 0.3) is 0 Å². The van der Waals surface area contributed by atoms with Gasteiger partial charge in [-0.15, -0.1) is 0 Å². The lowest BCUT2D eigenvalue weighted by molar-refractivity contribution is 0.0601. The van der Waals surface area contributed by atoms with Crippen LogP contribution in [0.1, 0.15) is 20.7 Å². The van der Waals surface area contributed by atoms with Crippen molar-refractivity contribution in [3.63, 3.8) is 0 Å². The van der Waals surface area contributed by atoms with Gasteiger partial charge in [-0.25, -0.2) is 4.79 Å². The van der Waals surface area contributed by atoms with Crippen LogP contribution >= 0.6 is 0 Å². The number of fused-ring (bicyclic) bond motifs is 1. The van der Waals surface area contributed by atoms with E-state index in [4.69, 9.17) is 4.74 Å². The fraction of sp³-hybridized carbons (Fsp3) is 0.0526. The zero-order chi connectivity index (χ0) is 15.5. The Morgan fingerprint density at radius 3 is 2.36 bits per heavy atom. The molecule has 0 heterocycles. The van der Waals surface area contributed by atoms with Crippen molar-refractivity contribution in [1.82, 2.24) is 0 Å². The zero-order valence-corrected chi connectivity index (χ0v) is 12.1. The Kier molecular flexibility index (Phi) is 3.71. The van der Waals surface area contributed by atoms with Gasteiger partial charge >= 0.3 is 5.97 Å². The van der Waals surface area contributed by atoms with Crippen LogP contribution in [0.25, 0.3) is 21.9 Å². The second-order valence-electron chi connectivity index (χ2n) is 4.94. The summed E-state index contributed by atoms with van der Waals surface area (Å²) in [5.74, 6) is -0.375. The van der Waals surface area contributed by atoms with Crippen LogP contribution < -0.4 is 0 Å². The van der Waals surface area contributed by atoms with Crippen molar-refractivity contribution in [3.8, 4) is 11.1 Å². The first-order valence-corrected chi connectivity index (χ1v) is 6.90. The summed E-state index contributed by atoms with van der Waals surface area (Å²) in [4.78, 5) is 22.9. The van der Waals surface area contributed by atoms with Crippen LogP contribution in [0.5, 0.6) is 0 Å². The Hall–Kier alpha value is -2.94. The molecule has 3 aromatic rings. The Morgan fingerprint density at radius 1 is 0.955 bits per heavy atom. The van der Waals surface area contributed by atoms with Crippen molar-refractivity contribution in [2.45, 2.75) is 0 Å². The topological polar surface area (TPSA) is 43.4 Å². The standard InChI is InChI=1S/C19H14O3/c1-22-19(21)17-11-10-14-4-2-3-5-16(14)18(17)15-8-6-13(12-20)7-9-15/h2-12H,1H3. The molecular weight excluding hydrogens is 276 g/mol. The molecule has 0 aliphatic rings. The molecule has 0 saturated heterocycles. The quantitative estimate of drug-likeness (QED) is 0.538. The van der Waals surface area contributed by atoms with Gasteiger partial charge < -0.3 is 4.74 Å². The minimum absolute atomic E-state index is 0.375. The summed E-state index contributed by atoms with van der Waals surface area (Å²) in [6.45, 7) is 0. The molecule has 0 aromatic heterocycles. The molecule has 0 amide bonds. The van der Waals surface area contributed by atoms with Crippen LogP contribution in [-0.4, -0.2) is 19.4 Å². The Labute approximate surface area is 128 Å². The summed E-state index contributed by atoms with van der Waals surface area (Å²) in [5, 5.41) is 2.02. The highest BCUT2D eigenvalue weighted by molar-refractivity contribution is 6.08. The number of hydrogen-bond donors (Lipinski definition) is 0. The van der Waals surface area contributed by atoms with E-state index in [-0.39, 0.29) is 5.97 Å². The summed E-state index contributed by atoms with van der Waals surface area (Å²) in [6.07, 6.45) is 0.800. The van der Waals surface area contributed by atoms with E-state index in [1.54, 1.807) is 18.2 Å². The molecule has 0 spiro atoms. The highest BCUT2D eigenvalue weighted by atomic mass is 16.5. The molecule has 0 atom stereocenters. The molecule has 0 N–H and O–H groups in total. The second kappa shape index (κ2) is 5.82. The smallest absolute Gasteiger partial charge is 0.338 e. The van der Waals surface area contributed by atoms with Crippen LogP contribution in [-0.2, 0) is 4.74 Å². The van der Waals surface area contributed by atoms with Crippen molar-refractivity contribution in [3.05, 3.63) is 71.8 Å². The van der Waals surface area contributed by atoms with Crippen LogP contribution in [0.15, 0.2) is 60.7 Å². The number of benzene rings is 3. The summed E-state index contributed by atoms with van der Waals surface area (Å²) < 4.78 is 4.90. The van der Waals surface area contributed by atoms with Crippen molar-refractivity contribution in [1.29, 1.82) is 0 Å². The van der Waals surface area contributed by atoms with Crippen LogP contribution in [0.2, 0.25) is 0 Å². The lowest BCUT2D eigenvalue weighted by atomic mass is 9.93. The third-order valence-corrected chi connectivity index (χ3v) is 3.67. The lowest BCUT2D eigenvalue weighted by Crippen LogP contribution is -2.04. The highest BCUT2D eigenvalue weighted by Crippen LogP contribution is 2.32. The first kappa shape index (κ1) is 14.0. The fourth-order valence-corrected chi connectivity index (χ4v) is 2.59. The Morgan fingerprint density at radius 2 is 1.68 bits per heavy atom. The van der Waals surface area contributed by atoms with Crippen molar-refractivity contribution in [2.24, 2.45) is 0 Å². The van der Waals surface area contributed by atoms with E-state index in [1.165, 1.54) is 7.11 Å². The molecule has 0 fully saturated rings. The molecule has 22 heavy (non-hydrogen) atoms. The van der Waals surface area contributed by atoms with Gasteiger partial charge in [-0.2, -0.15) is 0 Å². The first-order chi connectivity index (χ1) is 10.7. The maximum atomic E-state index is 12.1. The van der Waals surface area contributed by atoms with E-state index in [1.807, 2.05) is 42.5 Å². The van der Waals surface area contributed by atoms with Crippen LogP contribution in [0, 0.1) is 0 Å². The first-order valence-electron chi connectivity index (χ1n) is 6.90. The van der Waals surface area contributed by atoms with Gasteiger partial charge in [-0.1, -0.05) is 54.6 Å². The van der Waals surface area contributed by atoms with E-state index >= 15 is 0 Å². The van der Waals surface area contributed by atoms with E-state index in [9.17, 15) is 9.59 Å². The molecule has 0 aliphatic carbocycles. The molecular formula is C19H14O3. The monoisotopic (exact) mass is 290 g/mol.